The van der Waals surface area contributed by atoms with E-state index < -0.39 is 0 Å². The Morgan fingerprint density at radius 2 is 1.12 bits per heavy atom. The van der Waals surface area contributed by atoms with E-state index in [0.717, 1.165) is 13.2 Å². The summed E-state index contributed by atoms with van der Waals surface area (Å²) in [6.07, 6.45) is 0.543. The molecule has 0 aromatic heterocycles. The molecule has 0 saturated carbocycles. The van der Waals surface area contributed by atoms with Crippen molar-refractivity contribution in [2.75, 3.05) is 13.2 Å². The lowest BCUT2D eigenvalue weighted by atomic mass is 10.4. The molecule has 0 spiro atoms. The predicted octanol–water partition coefficient (Wildman–Crippen LogP) is 5.33. The van der Waals surface area contributed by atoms with E-state index in [9.17, 15) is 0 Å². The van der Waals surface area contributed by atoms with E-state index >= 15 is 0 Å². The van der Waals surface area contributed by atoms with Crippen molar-refractivity contribution >= 4 is 47.6 Å². The molecule has 0 amide bonds. The zero-order valence-corrected chi connectivity index (χ0v) is 16.6. The highest BCUT2D eigenvalue weighted by Gasteiger charge is 2.38. The molecule has 0 aliphatic carbocycles. The fraction of sp³-hybridized carbons (Fsp3) is 0.333. The van der Waals surface area contributed by atoms with Gasteiger partial charge in [-0.3, -0.25) is 0 Å². The Kier molecular flexibility index (Phi) is 6.57. The van der Waals surface area contributed by atoms with Crippen LogP contribution in [-0.2, 0) is 13.1 Å². The highest BCUT2D eigenvalue weighted by molar-refractivity contribution is 8.22. The first-order valence-electron chi connectivity index (χ1n) is 8.04. The van der Waals surface area contributed by atoms with Gasteiger partial charge in [-0.05, 0) is 24.3 Å². The van der Waals surface area contributed by atoms with Gasteiger partial charge in [-0.1, -0.05) is 36.4 Å². The van der Waals surface area contributed by atoms with Crippen LogP contribution in [0.1, 0.15) is 0 Å². The molecule has 25 heavy (non-hydrogen) atoms. The summed E-state index contributed by atoms with van der Waals surface area (Å²) >= 11 is 6.61. The lowest BCUT2D eigenvalue weighted by molar-refractivity contribution is 0.418. The van der Waals surface area contributed by atoms with Crippen LogP contribution in [0.4, 0.5) is 0 Å². The summed E-state index contributed by atoms with van der Waals surface area (Å²) in [6, 6.07) is 20.8. The van der Waals surface area contributed by atoms with Crippen LogP contribution < -0.4 is 0 Å². The molecule has 0 N–H and O–H groups in total. The van der Waals surface area contributed by atoms with Crippen LogP contribution in [0, 0.1) is 0 Å². The maximum absolute atomic E-state index is 5.94. The van der Waals surface area contributed by atoms with Gasteiger partial charge in [-0.15, -0.1) is 23.5 Å². The minimum absolute atomic E-state index is 0.248. The van der Waals surface area contributed by atoms with Crippen LogP contribution in [-0.4, -0.2) is 34.6 Å². The molecule has 2 fully saturated rings. The Balaban J connectivity index is 1.28. The van der Waals surface area contributed by atoms with Crippen LogP contribution >= 0.6 is 47.6 Å². The molecule has 2 aromatic rings. The second-order valence-electron chi connectivity index (χ2n) is 5.60. The van der Waals surface area contributed by atoms with Gasteiger partial charge in [0.1, 0.15) is 21.4 Å². The molecular formula is C18H18O3S4. The molecule has 7 heteroatoms. The summed E-state index contributed by atoms with van der Waals surface area (Å²) in [4.78, 5) is 2.48. The van der Waals surface area contributed by atoms with Gasteiger partial charge in [-0.25, -0.2) is 3.63 Å². The average molecular weight is 411 g/mol. The van der Waals surface area contributed by atoms with Gasteiger partial charge in [0, 0.05) is 33.9 Å². The van der Waals surface area contributed by atoms with Gasteiger partial charge >= 0.3 is 0 Å². The Morgan fingerprint density at radius 1 is 0.720 bits per heavy atom. The summed E-state index contributed by atoms with van der Waals surface area (Å²) in [6.45, 7) is 1.64. The van der Waals surface area contributed by atoms with Crippen molar-refractivity contribution in [3.8, 4) is 0 Å². The molecule has 2 aromatic carbocycles. The molecule has 2 aliphatic rings. The fourth-order valence-electron chi connectivity index (χ4n) is 2.11. The van der Waals surface area contributed by atoms with Gasteiger partial charge in [0.2, 0.25) is 0 Å². The number of hydrogen-bond donors (Lipinski definition) is 0. The van der Waals surface area contributed by atoms with Crippen LogP contribution in [0.3, 0.4) is 0 Å². The SMILES string of the molecule is c1ccc(SC(SOSC(Sc2ccccc2)C2CO2)C2CO2)cc1. The van der Waals surface area contributed by atoms with Crippen molar-refractivity contribution in [1.29, 1.82) is 0 Å². The van der Waals surface area contributed by atoms with E-state index in [-0.39, 0.29) is 21.4 Å². The number of rotatable bonds is 10. The van der Waals surface area contributed by atoms with Crippen molar-refractivity contribution in [3.05, 3.63) is 60.7 Å². The summed E-state index contributed by atoms with van der Waals surface area (Å²) in [5, 5.41) is 0. The highest BCUT2D eigenvalue weighted by Crippen LogP contribution is 2.45. The molecule has 0 bridgehead atoms. The third kappa shape index (κ3) is 5.85. The maximum atomic E-state index is 5.94. The number of hydrogen-bond acceptors (Lipinski definition) is 7. The third-order valence-corrected chi connectivity index (χ3v) is 8.41. The van der Waals surface area contributed by atoms with Crippen LogP contribution in [0.5, 0.6) is 0 Å². The largest absolute Gasteiger partial charge is 0.371 e. The molecule has 3 nitrogen and oxygen atoms in total. The van der Waals surface area contributed by atoms with Gasteiger partial charge in [0.25, 0.3) is 0 Å². The molecule has 2 heterocycles. The van der Waals surface area contributed by atoms with E-state index in [2.05, 4.69) is 48.5 Å². The Hall–Kier alpha value is -0.280. The van der Waals surface area contributed by atoms with Crippen molar-refractivity contribution < 1.29 is 13.1 Å². The first kappa shape index (κ1) is 18.1. The summed E-state index contributed by atoms with van der Waals surface area (Å²) in [7, 11) is 0. The fourth-order valence-corrected chi connectivity index (χ4v) is 6.81. The molecule has 4 rings (SSSR count). The second-order valence-corrected chi connectivity index (χ2v) is 10.6. The van der Waals surface area contributed by atoms with Crippen LogP contribution in [0.15, 0.2) is 70.5 Å². The Morgan fingerprint density at radius 3 is 1.48 bits per heavy atom. The minimum atomic E-state index is 0.248. The maximum Gasteiger partial charge on any atom is 0.111 e. The van der Waals surface area contributed by atoms with Gasteiger partial charge in [0.05, 0.1) is 13.2 Å². The quantitative estimate of drug-likeness (QED) is 0.226. The summed E-state index contributed by atoms with van der Waals surface area (Å²) < 4.78 is 17.4. The molecule has 0 radical (unpaired) electrons. The topological polar surface area (TPSA) is 34.3 Å². The highest BCUT2D eigenvalue weighted by atomic mass is 32.3. The van der Waals surface area contributed by atoms with Crippen molar-refractivity contribution in [2.45, 2.75) is 31.2 Å². The number of benzene rings is 2. The van der Waals surface area contributed by atoms with Crippen molar-refractivity contribution in [2.24, 2.45) is 0 Å². The number of ether oxygens (including phenoxy) is 2. The van der Waals surface area contributed by atoms with Crippen LogP contribution in [0.2, 0.25) is 0 Å². The molecule has 2 aliphatic heterocycles. The first-order valence-corrected chi connectivity index (χ1v) is 11.4. The van der Waals surface area contributed by atoms with Gasteiger partial charge in [0.15, 0.2) is 0 Å². The molecule has 2 saturated heterocycles. The molecule has 4 unspecified atom stereocenters. The zero-order valence-electron chi connectivity index (χ0n) is 13.4. The van der Waals surface area contributed by atoms with Crippen molar-refractivity contribution in [3.63, 3.8) is 0 Å². The Bertz CT molecular complexity index is 592. The normalized spacial score (nSPS) is 23.8. The summed E-state index contributed by atoms with van der Waals surface area (Å²) in [5.74, 6) is 0. The lowest BCUT2D eigenvalue weighted by Gasteiger charge is -2.16. The van der Waals surface area contributed by atoms with E-state index in [1.54, 1.807) is 23.5 Å². The minimum Gasteiger partial charge on any atom is -0.371 e. The van der Waals surface area contributed by atoms with Crippen molar-refractivity contribution in [1.82, 2.24) is 0 Å². The van der Waals surface area contributed by atoms with E-state index in [1.807, 2.05) is 12.1 Å². The first-order chi connectivity index (χ1) is 12.4. The average Bonchev–Trinajstić information content (AvgIpc) is 3.55. The Labute approximate surface area is 165 Å². The second kappa shape index (κ2) is 9.08. The smallest absolute Gasteiger partial charge is 0.111 e. The molecule has 132 valence electrons. The standard InChI is InChI=1S/C18H18O3S4/c1-3-7-13(8-4-1)22-17(15-11-19-15)24-21-25-18(16-12-20-16)23-14-9-5-2-6-10-14/h1-10,15-18H,11-12H2. The predicted molar refractivity (Wildman–Crippen MR) is 108 cm³/mol. The zero-order chi connectivity index (χ0) is 16.9. The lowest BCUT2D eigenvalue weighted by Crippen LogP contribution is -2.09. The van der Waals surface area contributed by atoms with E-state index in [4.69, 9.17) is 13.1 Å². The van der Waals surface area contributed by atoms with Gasteiger partial charge in [-0.2, -0.15) is 0 Å². The third-order valence-electron chi connectivity index (χ3n) is 3.58. The summed E-state index contributed by atoms with van der Waals surface area (Å²) in [5.41, 5.74) is 0. The van der Waals surface area contributed by atoms with E-state index in [0.29, 0.717) is 0 Å². The van der Waals surface area contributed by atoms with Crippen LogP contribution in [0.25, 0.3) is 0 Å². The monoisotopic (exact) mass is 410 g/mol. The molecule has 4 atom stereocenters. The number of epoxide rings is 2. The molecular weight excluding hydrogens is 392 g/mol. The number of thioether (sulfide) groups is 2. The van der Waals surface area contributed by atoms with Gasteiger partial charge < -0.3 is 9.47 Å². The van der Waals surface area contributed by atoms with E-state index in [1.165, 1.54) is 33.9 Å².